The highest BCUT2D eigenvalue weighted by Gasteiger charge is 2.22. The normalized spacial score (nSPS) is 13.0. The summed E-state index contributed by atoms with van der Waals surface area (Å²) in [5.74, 6) is -1.93. The lowest BCUT2D eigenvalue weighted by atomic mass is 9.86. The van der Waals surface area contributed by atoms with Crippen LogP contribution in [0.4, 0.5) is 0 Å². The van der Waals surface area contributed by atoms with E-state index in [2.05, 4.69) is 26.1 Å². The van der Waals surface area contributed by atoms with E-state index in [-0.39, 0.29) is 23.8 Å². The first-order valence-corrected chi connectivity index (χ1v) is 9.51. The second-order valence-corrected chi connectivity index (χ2v) is 8.26. The third-order valence-electron chi connectivity index (χ3n) is 5.15. The van der Waals surface area contributed by atoms with Crippen LogP contribution >= 0.6 is 0 Å². The predicted octanol–water partition coefficient (Wildman–Crippen LogP) is 2.33. The Labute approximate surface area is 167 Å². The summed E-state index contributed by atoms with van der Waals surface area (Å²) >= 11 is 0. The molecule has 2 aromatic heterocycles. The number of fused-ring (bicyclic) bond motifs is 2. The van der Waals surface area contributed by atoms with Crippen LogP contribution in [0.3, 0.4) is 0 Å². The van der Waals surface area contributed by atoms with Crippen molar-refractivity contribution >= 4 is 33.8 Å². The van der Waals surface area contributed by atoms with Gasteiger partial charge >= 0.3 is 5.63 Å². The Bertz CT molecular complexity index is 1160. The summed E-state index contributed by atoms with van der Waals surface area (Å²) in [6, 6.07) is 2.49. The molecule has 0 aliphatic rings. The van der Waals surface area contributed by atoms with Crippen LogP contribution in [-0.4, -0.2) is 17.9 Å². The highest BCUT2D eigenvalue weighted by atomic mass is 16.4. The summed E-state index contributed by atoms with van der Waals surface area (Å²) < 4.78 is 11.1. The van der Waals surface area contributed by atoms with Crippen LogP contribution in [0.1, 0.15) is 50.8 Å². The summed E-state index contributed by atoms with van der Waals surface area (Å²) in [5, 5.41) is 15.0. The van der Waals surface area contributed by atoms with Crippen molar-refractivity contribution in [2.24, 2.45) is 0 Å². The van der Waals surface area contributed by atoms with Crippen molar-refractivity contribution in [2.75, 3.05) is 0 Å². The average Bonchev–Trinajstić information content (AvgIpc) is 3.04. The van der Waals surface area contributed by atoms with Gasteiger partial charge in [-0.1, -0.05) is 27.7 Å². The minimum absolute atomic E-state index is 0.134. The van der Waals surface area contributed by atoms with Gasteiger partial charge < -0.3 is 24.1 Å². The number of benzene rings is 1. The van der Waals surface area contributed by atoms with E-state index in [1.807, 2.05) is 6.07 Å². The standard InChI is InChI=1S/C22H25NO6/c1-6-16(20(25)26)23-19(24)8-13-11(2)12-7-14-15(22(3,4)5)10-28-17(14)9-18(12)29-21(13)27/h7,9-10,16H,6,8H2,1-5H3,(H,23,24)(H,25,26)/p-1/t16-/m1/s1. The third kappa shape index (κ3) is 3.90. The van der Waals surface area contributed by atoms with E-state index in [0.717, 1.165) is 10.9 Å². The number of amides is 1. The SMILES string of the molecule is CC[C@@H](NC(=O)Cc1c(C)c2cc3c(C(C)(C)C)coc3cc2oc1=O)C(=O)[O-]. The molecule has 7 heteroatoms. The lowest BCUT2D eigenvalue weighted by Gasteiger charge is -2.18. The Hall–Kier alpha value is -3.09. The summed E-state index contributed by atoms with van der Waals surface area (Å²) in [4.78, 5) is 35.8. The Morgan fingerprint density at radius 1 is 1.17 bits per heavy atom. The van der Waals surface area contributed by atoms with Crippen LogP contribution in [-0.2, 0) is 21.4 Å². The Morgan fingerprint density at radius 3 is 2.45 bits per heavy atom. The highest BCUT2D eigenvalue weighted by molar-refractivity contribution is 5.97. The Morgan fingerprint density at radius 2 is 1.86 bits per heavy atom. The fourth-order valence-corrected chi connectivity index (χ4v) is 3.43. The van der Waals surface area contributed by atoms with Crippen molar-refractivity contribution in [3.05, 3.63) is 45.5 Å². The van der Waals surface area contributed by atoms with Gasteiger partial charge in [0, 0.05) is 22.4 Å². The molecule has 0 aliphatic carbocycles. The zero-order valence-corrected chi connectivity index (χ0v) is 17.2. The van der Waals surface area contributed by atoms with Crippen molar-refractivity contribution in [2.45, 2.75) is 58.9 Å². The van der Waals surface area contributed by atoms with Gasteiger partial charge in [0.05, 0.1) is 30.3 Å². The first-order chi connectivity index (χ1) is 13.5. The molecule has 0 bridgehead atoms. The van der Waals surface area contributed by atoms with E-state index in [1.165, 1.54) is 0 Å². The lowest BCUT2D eigenvalue weighted by molar-refractivity contribution is -0.308. The zero-order valence-electron chi connectivity index (χ0n) is 17.2. The molecule has 0 spiro atoms. The van der Waals surface area contributed by atoms with Gasteiger partial charge in [0.1, 0.15) is 11.2 Å². The van der Waals surface area contributed by atoms with E-state index in [4.69, 9.17) is 8.83 Å². The largest absolute Gasteiger partial charge is 0.548 e. The van der Waals surface area contributed by atoms with Crippen LogP contribution in [0, 0.1) is 6.92 Å². The van der Waals surface area contributed by atoms with Crippen LogP contribution in [0.25, 0.3) is 21.9 Å². The number of carbonyl (C=O) groups excluding carboxylic acids is 2. The minimum atomic E-state index is -1.36. The molecule has 1 atom stereocenters. The lowest BCUT2D eigenvalue weighted by Crippen LogP contribution is -2.48. The molecule has 0 radical (unpaired) electrons. The van der Waals surface area contributed by atoms with Crippen LogP contribution in [0.2, 0.25) is 0 Å². The van der Waals surface area contributed by atoms with Gasteiger partial charge in [-0.25, -0.2) is 4.79 Å². The van der Waals surface area contributed by atoms with Gasteiger partial charge in [0.2, 0.25) is 5.91 Å². The monoisotopic (exact) mass is 398 g/mol. The fraction of sp³-hybridized carbons (Fsp3) is 0.409. The molecule has 3 rings (SSSR count). The maximum atomic E-state index is 12.5. The van der Waals surface area contributed by atoms with Crippen molar-refractivity contribution in [1.29, 1.82) is 0 Å². The summed E-state index contributed by atoms with van der Waals surface area (Å²) in [6.45, 7) is 9.62. The van der Waals surface area contributed by atoms with E-state index < -0.39 is 23.5 Å². The van der Waals surface area contributed by atoms with E-state index in [0.29, 0.717) is 22.1 Å². The zero-order chi connectivity index (χ0) is 21.5. The molecule has 0 saturated carbocycles. The number of carboxylic acid groups (broad SMARTS) is 1. The predicted molar refractivity (Wildman–Crippen MR) is 107 cm³/mol. The van der Waals surface area contributed by atoms with Crippen molar-refractivity contribution < 1.29 is 23.5 Å². The average molecular weight is 398 g/mol. The molecule has 0 unspecified atom stereocenters. The first kappa shape index (κ1) is 20.6. The van der Waals surface area contributed by atoms with Gasteiger partial charge in [-0.2, -0.15) is 0 Å². The maximum Gasteiger partial charge on any atom is 0.340 e. The van der Waals surface area contributed by atoms with Gasteiger partial charge in [-0.15, -0.1) is 0 Å². The summed E-state index contributed by atoms with van der Waals surface area (Å²) in [5.41, 5.74) is 2.08. The molecule has 29 heavy (non-hydrogen) atoms. The van der Waals surface area contributed by atoms with Crippen LogP contribution < -0.4 is 16.0 Å². The fourth-order valence-electron chi connectivity index (χ4n) is 3.43. The van der Waals surface area contributed by atoms with Gasteiger partial charge in [-0.05, 0) is 30.4 Å². The van der Waals surface area contributed by atoms with Crippen molar-refractivity contribution in [3.8, 4) is 0 Å². The molecule has 2 heterocycles. The molecule has 7 nitrogen and oxygen atoms in total. The number of furan rings is 1. The molecular weight excluding hydrogens is 374 g/mol. The first-order valence-electron chi connectivity index (χ1n) is 9.51. The molecule has 0 saturated heterocycles. The van der Waals surface area contributed by atoms with Crippen molar-refractivity contribution in [3.63, 3.8) is 0 Å². The quantitative estimate of drug-likeness (QED) is 0.660. The number of rotatable bonds is 5. The molecule has 1 aromatic carbocycles. The van der Waals surface area contributed by atoms with Gasteiger partial charge in [-0.3, -0.25) is 4.79 Å². The van der Waals surface area contributed by atoms with Gasteiger partial charge in [0.25, 0.3) is 0 Å². The van der Waals surface area contributed by atoms with E-state index in [1.54, 1.807) is 26.2 Å². The highest BCUT2D eigenvalue weighted by Crippen LogP contribution is 2.35. The smallest absolute Gasteiger partial charge is 0.340 e. The molecule has 0 aliphatic heterocycles. The number of aliphatic carboxylic acids is 1. The molecule has 154 valence electrons. The number of nitrogens with one attached hydrogen (secondary N) is 1. The number of aryl methyl sites for hydroxylation is 1. The molecular formula is C22H24NO6-. The van der Waals surface area contributed by atoms with E-state index in [9.17, 15) is 19.5 Å². The van der Waals surface area contributed by atoms with Crippen molar-refractivity contribution in [1.82, 2.24) is 5.32 Å². The number of hydrogen-bond acceptors (Lipinski definition) is 6. The number of hydrogen-bond donors (Lipinski definition) is 1. The molecule has 1 amide bonds. The molecule has 3 aromatic rings. The second kappa shape index (κ2) is 7.39. The van der Waals surface area contributed by atoms with Crippen LogP contribution in [0.5, 0.6) is 0 Å². The summed E-state index contributed by atoms with van der Waals surface area (Å²) in [6.07, 6.45) is 1.62. The third-order valence-corrected chi connectivity index (χ3v) is 5.15. The summed E-state index contributed by atoms with van der Waals surface area (Å²) in [7, 11) is 0. The molecule has 1 N–H and O–H groups in total. The minimum Gasteiger partial charge on any atom is -0.548 e. The number of carbonyl (C=O) groups is 2. The second-order valence-electron chi connectivity index (χ2n) is 8.26. The van der Waals surface area contributed by atoms with E-state index >= 15 is 0 Å². The number of carboxylic acids is 1. The maximum absolute atomic E-state index is 12.5. The Balaban J connectivity index is 2.07. The Kier molecular flexibility index (Phi) is 5.26. The van der Waals surface area contributed by atoms with Gasteiger partial charge in [0.15, 0.2) is 0 Å². The van der Waals surface area contributed by atoms with Crippen LogP contribution in [0.15, 0.2) is 32.0 Å². The molecule has 0 fully saturated rings. The topological polar surface area (TPSA) is 113 Å².